The average molecular weight is 317 g/mol. The van der Waals surface area contributed by atoms with Gasteiger partial charge in [-0.05, 0) is 17.7 Å². The number of carbonyl (C=O) groups is 1. The number of nitrogens with two attached hydrogens (primary N) is 1. The van der Waals surface area contributed by atoms with Crippen LogP contribution in [0.1, 0.15) is 28.4 Å². The number of rotatable bonds is 5. The molecule has 0 saturated carbocycles. The van der Waals surface area contributed by atoms with Crippen LogP contribution in [0.4, 0.5) is 5.82 Å². The number of hydrogen-bond acceptors (Lipinski definition) is 5. The van der Waals surface area contributed by atoms with Crippen molar-refractivity contribution >= 4 is 22.6 Å². The summed E-state index contributed by atoms with van der Waals surface area (Å²) in [6.07, 6.45) is 1.66. The molecule has 0 bridgehead atoms. The van der Waals surface area contributed by atoms with Crippen LogP contribution in [0.25, 0.3) is 10.9 Å². The first kappa shape index (κ1) is 15.4. The van der Waals surface area contributed by atoms with Crippen LogP contribution in [0.2, 0.25) is 0 Å². The van der Waals surface area contributed by atoms with Gasteiger partial charge in [-0.1, -0.05) is 36.4 Å². The van der Waals surface area contributed by atoms with Crippen molar-refractivity contribution in [2.45, 2.75) is 12.5 Å². The van der Waals surface area contributed by atoms with E-state index in [1.165, 1.54) is 6.33 Å². The third kappa shape index (κ3) is 3.01. The third-order valence-electron chi connectivity index (χ3n) is 3.74. The highest BCUT2D eigenvalue weighted by atomic mass is 16.1. The first-order valence-corrected chi connectivity index (χ1v) is 7.42. The van der Waals surface area contributed by atoms with Gasteiger partial charge >= 0.3 is 0 Å². The molecule has 1 heterocycles. The van der Waals surface area contributed by atoms with Crippen molar-refractivity contribution in [1.29, 1.82) is 5.26 Å². The molecule has 6 heteroatoms. The van der Waals surface area contributed by atoms with Gasteiger partial charge in [0, 0.05) is 5.39 Å². The van der Waals surface area contributed by atoms with Crippen LogP contribution < -0.4 is 11.1 Å². The van der Waals surface area contributed by atoms with Crippen LogP contribution in [0.15, 0.2) is 54.9 Å². The van der Waals surface area contributed by atoms with E-state index in [2.05, 4.69) is 21.4 Å². The number of primary amides is 1. The maximum atomic E-state index is 11.6. The molecule has 3 rings (SSSR count). The van der Waals surface area contributed by atoms with Gasteiger partial charge in [0.2, 0.25) is 0 Å². The minimum absolute atomic E-state index is 0.216. The Morgan fingerprint density at radius 3 is 2.67 bits per heavy atom. The van der Waals surface area contributed by atoms with E-state index >= 15 is 0 Å². The second kappa shape index (κ2) is 6.75. The highest BCUT2D eigenvalue weighted by Crippen LogP contribution is 2.27. The topological polar surface area (TPSA) is 105 Å². The predicted molar refractivity (Wildman–Crippen MR) is 91.1 cm³/mol. The number of fused-ring (bicyclic) bond motifs is 1. The number of nitrogens with one attached hydrogen (secondary N) is 1. The van der Waals surface area contributed by atoms with Gasteiger partial charge in [0.1, 0.15) is 12.1 Å². The zero-order valence-electron chi connectivity index (χ0n) is 12.8. The Balaban J connectivity index is 2.04. The monoisotopic (exact) mass is 317 g/mol. The van der Waals surface area contributed by atoms with Gasteiger partial charge in [0.05, 0.1) is 29.6 Å². The van der Waals surface area contributed by atoms with Crippen molar-refractivity contribution in [2.24, 2.45) is 5.73 Å². The normalized spacial score (nSPS) is 11.6. The Labute approximate surface area is 139 Å². The first-order chi connectivity index (χ1) is 11.7. The lowest BCUT2D eigenvalue weighted by atomic mass is 10.0. The number of amides is 1. The van der Waals surface area contributed by atoms with Crippen LogP contribution in [0.3, 0.4) is 0 Å². The molecule has 0 aliphatic heterocycles. The van der Waals surface area contributed by atoms with E-state index in [9.17, 15) is 4.79 Å². The molecule has 1 atom stereocenters. The van der Waals surface area contributed by atoms with Crippen LogP contribution in [-0.4, -0.2) is 15.9 Å². The summed E-state index contributed by atoms with van der Waals surface area (Å²) in [4.78, 5) is 20.0. The van der Waals surface area contributed by atoms with Gasteiger partial charge in [-0.3, -0.25) is 4.79 Å². The van der Waals surface area contributed by atoms with E-state index in [1.54, 1.807) is 12.1 Å². The van der Waals surface area contributed by atoms with Crippen molar-refractivity contribution < 1.29 is 4.79 Å². The van der Waals surface area contributed by atoms with E-state index in [-0.39, 0.29) is 12.5 Å². The summed E-state index contributed by atoms with van der Waals surface area (Å²) in [5.74, 6) is 0.0223. The van der Waals surface area contributed by atoms with Gasteiger partial charge < -0.3 is 11.1 Å². The first-order valence-electron chi connectivity index (χ1n) is 7.42. The molecule has 24 heavy (non-hydrogen) atoms. The molecular formula is C18H15N5O. The van der Waals surface area contributed by atoms with Crippen molar-refractivity contribution in [3.05, 3.63) is 66.0 Å². The fraction of sp³-hybridized carbons (Fsp3) is 0.111. The zero-order chi connectivity index (χ0) is 16.9. The second-order valence-electron chi connectivity index (χ2n) is 5.26. The number of hydrogen-bond donors (Lipinski definition) is 2. The summed E-state index contributed by atoms with van der Waals surface area (Å²) in [6.45, 7) is 0. The molecule has 0 aliphatic carbocycles. The average Bonchev–Trinajstić information content (AvgIpc) is 2.61. The molecule has 0 spiro atoms. The maximum absolute atomic E-state index is 11.6. The van der Waals surface area contributed by atoms with Gasteiger partial charge in [0.25, 0.3) is 5.91 Å². The van der Waals surface area contributed by atoms with E-state index in [4.69, 9.17) is 11.0 Å². The van der Waals surface area contributed by atoms with Gasteiger partial charge in [-0.15, -0.1) is 0 Å². The maximum Gasteiger partial charge on any atom is 0.250 e. The molecule has 3 N–H and O–H groups in total. The second-order valence-corrected chi connectivity index (χ2v) is 5.26. The molecule has 0 saturated heterocycles. The zero-order valence-corrected chi connectivity index (χ0v) is 12.8. The third-order valence-corrected chi connectivity index (χ3v) is 3.74. The Morgan fingerprint density at radius 1 is 1.17 bits per heavy atom. The lowest BCUT2D eigenvalue weighted by Crippen LogP contribution is -2.14. The SMILES string of the molecule is N#CCC(Nc1ncnc2c(C(N)=O)cccc12)c1ccccc1. The number of nitriles is 1. The van der Waals surface area contributed by atoms with Gasteiger partial charge in [-0.25, -0.2) is 9.97 Å². The van der Waals surface area contributed by atoms with Crippen LogP contribution in [0.5, 0.6) is 0 Å². The summed E-state index contributed by atoms with van der Waals surface area (Å²) in [6, 6.07) is 16.8. The summed E-state index contributed by atoms with van der Waals surface area (Å²) >= 11 is 0. The minimum Gasteiger partial charge on any atom is -0.366 e. The molecule has 1 aromatic heterocycles. The van der Waals surface area contributed by atoms with Crippen LogP contribution in [-0.2, 0) is 0 Å². The fourth-order valence-corrected chi connectivity index (χ4v) is 2.60. The Hall–Kier alpha value is -3.46. The number of aromatic nitrogens is 2. The quantitative estimate of drug-likeness (QED) is 0.753. The number of anilines is 1. The van der Waals surface area contributed by atoms with Crippen LogP contribution in [0, 0.1) is 11.3 Å². The molecule has 0 fully saturated rings. The molecule has 1 unspecified atom stereocenters. The minimum atomic E-state index is -0.540. The van der Waals surface area contributed by atoms with Gasteiger partial charge in [-0.2, -0.15) is 5.26 Å². The Kier molecular flexibility index (Phi) is 4.34. The molecule has 6 nitrogen and oxygen atoms in total. The number of benzene rings is 2. The molecule has 1 amide bonds. The number of carbonyl (C=O) groups excluding carboxylic acids is 1. The highest BCUT2D eigenvalue weighted by molar-refractivity contribution is 6.06. The van der Waals surface area contributed by atoms with Crippen LogP contribution >= 0.6 is 0 Å². The van der Waals surface area contributed by atoms with E-state index in [1.807, 2.05) is 36.4 Å². The Morgan fingerprint density at radius 2 is 1.96 bits per heavy atom. The van der Waals surface area contributed by atoms with E-state index in [0.717, 1.165) is 5.56 Å². The predicted octanol–water partition coefficient (Wildman–Crippen LogP) is 2.80. The number of nitrogens with zero attached hydrogens (tertiary/aromatic N) is 3. The summed E-state index contributed by atoms with van der Waals surface area (Å²) in [5, 5.41) is 13.1. The molecule has 3 aromatic rings. The van der Waals surface area contributed by atoms with Crippen molar-refractivity contribution in [3.63, 3.8) is 0 Å². The molecule has 2 aromatic carbocycles. The van der Waals surface area contributed by atoms with Crippen molar-refractivity contribution in [2.75, 3.05) is 5.32 Å². The fourth-order valence-electron chi connectivity index (χ4n) is 2.60. The van der Waals surface area contributed by atoms with E-state index in [0.29, 0.717) is 22.3 Å². The van der Waals surface area contributed by atoms with Crippen molar-refractivity contribution in [3.8, 4) is 6.07 Å². The lowest BCUT2D eigenvalue weighted by Gasteiger charge is -2.18. The standard InChI is InChI=1S/C18H15N5O/c19-10-9-15(12-5-2-1-3-6-12)23-18-14-8-4-7-13(17(20)24)16(14)21-11-22-18/h1-8,11,15H,9H2,(H2,20,24)(H,21,22,23). The Bertz CT molecular complexity index is 918. The van der Waals surface area contributed by atoms with Gasteiger partial charge in [0.15, 0.2) is 0 Å². The highest BCUT2D eigenvalue weighted by Gasteiger charge is 2.15. The number of para-hydroxylation sites is 1. The van der Waals surface area contributed by atoms with E-state index < -0.39 is 5.91 Å². The molecular weight excluding hydrogens is 302 g/mol. The lowest BCUT2D eigenvalue weighted by molar-refractivity contribution is 0.100. The molecule has 0 radical (unpaired) electrons. The summed E-state index contributed by atoms with van der Waals surface area (Å²) in [7, 11) is 0. The smallest absolute Gasteiger partial charge is 0.250 e. The summed E-state index contributed by atoms with van der Waals surface area (Å²) in [5.41, 5.74) is 7.22. The molecule has 0 aliphatic rings. The largest absolute Gasteiger partial charge is 0.366 e. The summed E-state index contributed by atoms with van der Waals surface area (Å²) < 4.78 is 0. The molecule has 118 valence electrons. The van der Waals surface area contributed by atoms with Crippen molar-refractivity contribution in [1.82, 2.24) is 9.97 Å².